The zero-order chi connectivity index (χ0) is 9.19. The monoisotopic (exact) mass is 187 g/mol. The van der Waals surface area contributed by atoms with E-state index in [0.717, 1.165) is 0 Å². The third-order valence-corrected chi connectivity index (χ3v) is 2.53. The van der Waals surface area contributed by atoms with E-state index in [0.29, 0.717) is 5.56 Å². The third-order valence-electron chi connectivity index (χ3n) is 1.50. The molecule has 0 spiro atoms. The van der Waals surface area contributed by atoms with E-state index in [2.05, 4.69) is 0 Å². The highest BCUT2D eigenvalue weighted by atomic mass is 31.2. The molecule has 1 atom stereocenters. The van der Waals surface area contributed by atoms with Gasteiger partial charge in [-0.1, -0.05) is 30.3 Å². The first-order valence-corrected chi connectivity index (χ1v) is 5.06. The second-order valence-electron chi connectivity index (χ2n) is 2.44. The molecule has 1 rings (SSSR count). The molecule has 5 heteroatoms. The standard InChI is InChI=1S/C7H10NO3P/c8-7(12(9,10)11)6-4-2-1-3-5-6/h1-5,7H,8H2,(H2,9,10,11)/t7-/m0/s1. The molecule has 0 aliphatic rings. The van der Waals surface area contributed by atoms with Crippen molar-refractivity contribution in [2.24, 2.45) is 5.73 Å². The molecule has 0 aliphatic heterocycles. The van der Waals surface area contributed by atoms with E-state index in [1.807, 2.05) is 0 Å². The molecule has 0 fully saturated rings. The number of nitrogens with two attached hydrogens (primary N) is 1. The minimum Gasteiger partial charge on any atom is -0.323 e. The predicted octanol–water partition coefficient (Wildman–Crippen LogP) is 0.822. The van der Waals surface area contributed by atoms with Crippen molar-refractivity contribution < 1.29 is 14.4 Å². The van der Waals surface area contributed by atoms with Crippen LogP contribution in [0.4, 0.5) is 0 Å². The van der Waals surface area contributed by atoms with Crippen LogP contribution in [0.15, 0.2) is 30.3 Å². The molecule has 0 bridgehead atoms. The summed E-state index contributed by atoms with van der Waals surface area (Å²) in [4.78, 5) is 17.5. The fourth-order valence-electron chi connectivity index (χ4n) is 0.844. The van der Waals surface area contributed by atoms with Crippen LogP contribution in [0, 0.1) is 0 Å². The van der Waals surface area contributed by atoms with E-state index >= 15 is 0 Å². The van der Waals surface area contributed by atoms with E-state index in [9.17, 15) is 4.57 Å². The van der Waals surface area contributed by atoms with Crippen molar-refractivity contribution in [2.45, 2.75) is 5.78 Å². The fourth-order valence-corrected chi connectivity index (χ4v) is 1.40. The molecular weight excluding hydrogens is 177 g/mol. The summed E-state index contributed by atoms with van der Waals surface area (Å²) < 4.78 is 10.7. The van der Waals surface area contributed by atoms with Crippen molar-refractivity contribution in [3.63, 3.8) is 0 Å². The Kier molecular flexibility index (Phi) is 2.65. The molecule has 0 aliphatic carbocycles. The smallest absolute Gasteiger partial charge is 0.323 e. The average molecular weight is 187 g/mol. The Balaban J connectivity index is 2.94. The van der Waals surface area contributed by atoms with Crippen LogP contribution in [0.1, 0.15) is 11.3 Å². The van der Waals surface area contributed by atoms with Gasteiger partial charge >= 0.3 is 7.60 Å². The average Bonchev–Trinajstić information content (AvgIpc) is 2.03. The van der Waals surface area contributed by atoms with Crippen molar-refractivity contribution in [3.05, 3.63) is 35.9 Å². The van der Waals surface area contributed by atoms with Crippen LogP contribution in [-0.2, 0) is 4.57 Å². The van der Waals surface area contributed by atoms with Crippen LogP contribution in [-0.4, -0.2) is 9.79 Å². The number of rotatable bonds is 2. The summed E-state index contributed by atoms with van der Waals surface area (Å²) in [6.07, 6.45) is 0. The molecule has 0 radical (unpaired) electrons. The Hall–Kier alpha value is -0.670. The number of hydrogen-bond acceptors (Lipinski definition) is 2. The van der Waals surface area contributed by atoms with Gasteiger partial charge in [0.25, 0.3) is 0 Å². The molecule has 66 valence electrons. The SMILES string of the molecule is N[C@H](c1ccccc1)P(=O)(O)O. The van der Waals surface area contributed by atoms with Gasteiger partial charge in [-0.05, 0) is 5.56 Å². The summed E-state index contributed by atoms with van der Waals surface area (Å²) in [5.41, 5.74) is 5.76. The molecule has 0 saturated heterocycles. The maximum atomic E-state index is 10.7. The highest BCUT2D eigenvalue weighted by Gasteiger charge is 2.25. The first kappa shape index (κ1) is 9.42. The van der Waals surface area contributed by atoms with Gasteiger partial charge in [-0.25, -0.2) is 0 Å². The molecule has 0 aromatic heterocycles. The van der Waals surface area contributed by atoms with E-state index < -0.39 is 13.4 Å². The molecule has 1 aromatic carbocycles. The lowest BCUT2D eigenvalue weighted by atomic mass is 10.2. The van der Waals surface area contributed by atoms with Gasteiger partial charge in [0.1, 0.15) is 5.78 Å². The topological polar surface area (TPSA) is 83.6 Å². The van der Waals surface area contributed by atoms with Crippen molar-refractivity contribution >= 4 is 7.60 Å². The summed E-state index contributed by atoms with van der Waals surface area (Å²) in [5.74, 6) is -1.21. The number of hydrogen-bond donors (Lipinski definition) is 3. The van der Waals surface area contributed by atoms with Crippen molar-refractivity contribution in [1.82, 2.24) is 0 Å². The maximum Gasteiger partial charge on any atom is 0.346 e. The zero-order valence-electron chi connectivity index (χ0n) is 6.29. The Morgan fingerprint density at radius 1 is 1.25 bits per heavy atom. The minimum atomic E-state index is -4.20. The third kappa shape index (κ3) is 2.16. The van der Waals surface area contributed by atoms with Crippen LogP contribution in [0.3, 0.4) is 0 Å². The largest absolute Gasteiger partial charge is 0.346 e. The van der Waals surface area contributed by atoms with Gasteiger partial charge in [0.05, 0.1) is 0 Å². The lowest BCUT2D eigenvalue weighted by molar-refractivity contribution is 0.359. The van der Waals surface area contributed by atoms with E-state index in [1.165, 1.54) is 0 Å². The van der Waals surface area contributed by atoms with Crippen molar-refractivity contribution in [3.8, 4) is 0 Å². The summed E-state index contributed by atoms with van der Waals surface area (Å²) >= 11 is 0. The van der Waals surface area contributed by atoms with E-state index in [-0.39, 0.29) is 0 Å². The highest BCUT2D eigenvalue weighted by molar-refractivity contribution is 7.52. The van der Waals surface area contributed by atoms with Gasteiger partial charge in [-0.3, -0.25) is 4.57 Å². The Morgan fingerprint density at radius 3 is 2.17 bits per heavy atom. The predicted molar refractivity (Wildman–Crippen MR) is 45.4 cm³/mol. The lowest BCUT2D eigenvalue weighted by Crippen LogP contribution is -2.10. The molecule has 0 unspecified atom stereocenters. The van der Waals surface area contributed by atoms with Crippen LogP contribution >= 0.6 is 7.60 Å². The molecule has 4 nitrogen and oxygen atoms in total. The quantitative estimate of drug-likeness (QED) is 0.598. The molecule has 0 amide bonds. The van der Waals surface area contributed by atoms with Gasteiger partial charge in [-0.15, -0.1) is 0 Å². The molecule has 4 N–H and O–H groups in total. The van der Waals surface area contributed by atoms with E-state index in [1.54, 1.807) is 30.3 Å². The fraction of sp³-hybridized carbons (Fsp3) is 0.143. The summed E-state index contributed by atoms with van der Waals surface area (Å²) in [6.45, 7) is 0. The summed E-state index contributed by atoms with van der Waals surface area (Å²) in [5, 5.41) is 0. The molecule has 1 aromatic rings. The summed E-state index contributed by atoms with van der Waals surface area (Å²) in [6, 6.07) is 8.30. The molecular formula is C7H10NO3P. The van der Waals surface area contributed by atoms with Gasteiger partial charge in [0.2, 0.25) is 0 Å². The molecule has 0 heterocycles. The second kappa shape index (κ2) is 3.37. The summed E-state index contributed by atoms with van der Waals surface area (Å²) in [7, 11) is -4.20. The normalized spacial score (nSPS) is 14.2. The van der Waals surface area contributed by atoms with Gasteiger partial charge in [-0.2, -0.15) is 0 Å². The molecule has 12 heavy (non-hydrogen) atoms. The van der Waals surface area contributed by atoms with Crippen LogP contribution in [0.25, 0.3) is 0 Å². The van der Waals surface area contributed by atoms with Crippen LogP contribution in [0.5, 0.6) is 0 Å². The maximum absolute atomic E-state index is 10.7. The Labute approximate surface area is 70.2 Å². The van der Waals surface area contributed by atoms with E-state index in [4.69, 9.17) is 15.5 Å². The second-order valence-corrected chi connectivity index (χ2v) is 4.18. The van der Waals surface area contributed by atoms with Gasteiger partial charge < -0.3 is 15.5 Å². The molecule has 0 saturated carbocycles. The Morgan fingerprint density at radius 2 is 1.75 bits per heavy atom. The van der Waals surface area contributed by atoms with Crippen LogP contribution < -0.4 is 5.73 Å². The first-order chi connectivity index (χ1) is 5.52. The Bertz CT molecular complexity index is 295. The van der Waals surface area contributed by atoms with Gasteiger partial charge in [0, 0.05) is 0 Å². The first-order valence-electron chi connectivity index (χ1n) is 3.37. The highest BCUT2D eigenvalue weighted by Crippen LogP contribution is 2.47. The van der Waals surface area contributed by atoms with Gasteiger partial charge in [0.15, 0.2) is 0 Å². The lowest BCUT2D eigenvalue weighted by Gasteiger charge is -2.12. The minimum absolute atomic E-state index is 0.450. The van der Waals surface area contributed by atoms with Crippen LogP contribution in [0.2, 0.25) is 0 Å². The zero-order valence-corrected chi connectivity index (χ0v) is 7.19. The van der Waals surface area contributed by atoms with Crippen molar-refractivity contribution in [1.29, 1.82) is 0 Å². The number of benzene rings is 1. The van der Waals surface area contributed by atoms with Crippen molar-refractivity contribution in [2.75, 3.05) is 0 Å².